The minimum atomic E-state index is 0.545. The first-order valence-electron chi connectivity index (χ1n) is 7.48. The summed E-state index contributed by atoms with van der Waals surface area (Å²) in [6.45, 7) is 16.4. The molecule has 1 rings (SSSR count). The Bertz CT molecular complexity index is 209. The monoisotopic (exact) mass is 240 g/mol. The zero-order valence-electron chi connectivity index (χ0n) is 12.6. The van der Waals surface area contributed by atoms with Crippen molar-refractivity contribution in [2.75, 3.05) is 26.2 Å². The van der Waals surface area contributed by atoms with Crippen LogP contribution >= 0.6 is 0 Å². The van der Waals surface area contributed by atoms with Gasteiger partial charge in [-0.1, -0.05) is 34.6 Å². The largest absolute Gasteiger partial charge is 0.314 e. The fourth-order valence-electron chi connectivity index (χ4n) is 3.27. The molecule has 0 saturated heterocycles. The lowest BCUT2D eigenvalue weighted by atomic mass is 9.69. The maximum absolute atomic E-state index is 3.70. The maximum atomic E-state index is 3.70. The molecule has 0 aromatic heterocycles. The van der Waals surface area contributed by atoms with Crippen LogP contribution in [-0.4, -0.2) is 37.1 Å². The van der Waals surface area contributed by atoms with Gasteiger partial charge in [-0.25, -0.2) is 0 Å². The van der Waals surface area contributed by atoms with E-state index in [9.17, 15) is 0 Å². The summed E-state index contributed by atoms with van der Waals surface area (Å²) in [7, 11) is 0. The second-order valence-electron chi connectivity index (χ2n) is 6.32. The van der Waals surface area contributed by atoms with E-state index in [-0.39, 0.29) is 0 Å². The van der Waals surface area contributed by atoms with Gasteiger partial charge < -0.3 is 10.2 Å². The first-order valence-corrected chi connectivity index (χ1v) is 7.48. The third-order valence-electron chi connectivity index (χ3n) is 4.37. The minimum absolute atomic E-state index is 0.545. The molecule has 0 aliphatic heterocycles. The summed E-state index contributed by atoms with van der Waals surface area (Å²) in [6, 6.07) is 0.744. The van der Waals surface area contributed by atoms with E-state index >= 15 is 0 Å². The molecule has 1 fully saturated rings. The maximum Gasteiger partial charge on any atom is 0.0108 e. The molecule has 0 bridgehead atoms. The highest BCUT2D eigenvalue weighted by molar-refractivity contribution is 4.89. The van der Waals surface area contributed by atoms with Crippen LogP contribution in [0.2, 0.25) is 0 Å². The van der Waals surface area contributed by atoms with Crippen molar-refractivity contribution in [1.29, 1.82) is 0 Å². The minimum Gasteiger partial charge on any atom is -0.314 e. The molecule has 0 spiro atoms. The first kappa shape index (κ1) is 15.0. The van der Waals surface area contributed by atoms with Crippen LogP contribution in [0.5, 0.6) is 0 Å². The standard InChI is InChI=1S/C15H32N2/c1-6-16-14-9-10-15(4,5)11-13(14)12-17(7-2)8-3/h13-14,16H,6-12H2,1-5H3. The van der Waals surface area contributed by atoms with Gasteiger partial charge in [-0.15, -0.1) is 0 Å². The van der Waals surface area contributed by atoms with E-state index in [2.05, 4.69) is 44.8 Å². The summed E-state index contributed by atoms with van der Waals surface area (Å²) in [4.78, 5) is 2.58. The van der Waals surface area contributed by atoms with Crippen molar-refractivity contribution in [2.24, 2.45) is 11.3 Å². The van der Waals surface area contributed by atoms with Crippen molar-refractivity contribution in [3.8, 4) is 0 Å². The fraction of sp³-hybridized carbons (Fsp3) is 1.00. The van der Waals surface area contributed by atoms with Crippen LogP contribution in [0.4, 0.5) is 0 Å². The predicted molar refractivity (Wildman–Crippen MR) is 76.4 cm³/mol. The molecule has 2 atom stereocenters. The van der Waals surface area contributed by atoms with Crippen LogP contribution in [0.3, 0.4) is 0 Å². The lowest BCUT2D eigenvalue weighted by Crippen LogP contribution is -2.47. The van der Waals surface area contributed by atoms with Gasteiger partial charge in [0.1, 0.15) is 0 Å². The summed E-state index contributed by atoms with van der Waals surface area (Å²) in [5, 5.41) is 3.70. The summed E-state index contributed by atoms with van der Waals surface area (Å²) in [5.41, 5.74) is 0.545. The van der Waals surface area contributed by atoms with Crippen molar-refractivity contribution < 1.29 is 0 Å². The Kier molecular flexibility index (Phi) is 5.94. The van der Waals surface area contributed by atoms with Crippen LogP contribution in [-0.2, 0) is 0 Å². The summed E-state index contributed by atoms with van der Waals surface area (Å²) in [5.74, 6) is 0.832. The van der Waals surface area contributed by atoms with Crippen molar-refractivity contribution in [3.63, 3.8) is 0 Å². The number of rotatable bonds is 6. The Morgan fingerprint density at radius 2 is 1.82 bits per heavy atom. The summed E-state index contributed by atoms with van der Waals surface area (Å²) < 4.78 is 0. The Labute approximate surface area is 108 Å². The van der Waals surface area contributed by atoms with Crippen molar-refractivity contribution >= 4 is 0 Å². The molecule has 102 valence electrons. The normalized spacial score (nSPS) is 28.6. The van der Waals surface area contributed by atoms with Crippen molar-refractivity contribution in [1.82, 2.24) is 10.2 Å². The quantitative estimate of drug-likeness (QED) is 0.767. The number of nitrogens with zero attached hydrogens (tertiary/aromatic N) is 1. The molecule has 0 heterocycles. The smallest absolute Gasteiger partial charge is 0.0108 e. The molecule has 2 nitrogen and oxygen atoms in total. The van der Waals surface area contributed by atoms with Crippen LogP contribution < -0.4 is 5.32 Å². The number of nitrogens with one attached hydrogen (secondary N) is 1. The molecule has 1 saturated carbocycles. The van der Waals surface area contributed by atoms with Gasteiger partial charge in [0.25, 0.3) is 0 Å². The van der Waals surface area contributed by atoms with Crippen LogP contribution in [0.1, 0.15) is 53.9 Å². The van der Waals surface area contributed by atoms with Gasteiger partial charge in [0.15, 0.2) is 0 Å². The lowest BCUT2D eigenvalue weighted by Gasteiger charge is -2.43. The SMILES string of the molecule is CCNC1CCC(C)(C)CC1CN(CC)CC. The lowest BCUT2D eigenvalue weighted by molar-refractivity contribution is 0.104. The van der Waals surface area contributed by atoms with Crippen LogP contribution in [0.25, 0.3) is 0 Å². The number of hydrogen-bond acceptors (Lipinski definition) is 2. The molecule has 17 heavy (non-hydrogen) atoms. The molecular formula is C15H32N2. The Morgan fingerprint density at radius 3 is 2.35 bits per heavy atom. The highest BCUT2D eigenvalue weighted by atomic mass is 15.1. The molecule has 1 aliphatic carbocycles. The van der Waals surface area contributed by atoms with Crippen molar-refractivity contribution in [3.05, 3.63) is 0 Å². The van der Waals surface area contributed by atoms with E-state index in [0.717, 1.165) is 18.5 Å². The summed E-state index contributed by atoms with van der Waals surface area (Å²) in [6.07, 6.45) is 4.10. The third-order valence-corrected chi connectivity index (χ3v) is 4.37. The average Bonchev–Trinajstić information content (AvgIpc) is 2.29. The zero-order valence-corrected chi connectivity index (χ0v) is 12.6. The molecule has 1 aliphatic rings. The van der Waals surface area contributed by atoms with E-state index in [1.54, 1.807) is 0 Å². The van der Waals surface area contributed by atoms with E-state index in [4.69, 9.17) is 0 Å². The van der Waals surface area contributed by atoms with E-state index in [1.807, 2.05) is 0 Å². The molecule has 0 aromatic carbocycles. The molecule has 1 N–H and O–H groups in total. The molecule has 0 amide bonds. The predicted octanol–water partition coefficient (Wildman–Crippen LogP) is 3.13. The average molecular weight is 240 g/mol. The Hall–Kier alpha value is -0.0800. The van der Waals surface area contributed by atoms with E-state index in [0.29, 0.717) is 5.41 Å². The summed E-state index contributed by atoms with van der Waals surface area (Å²) >= 11 is 0. The second kappa shape index (κ2) is 6.75. The van der Waals surface area contributed by atoms with Gasteiger partial charge >= 0.3 is 0 Å². The zero-order chi connectivity index (χ0) is 12.9. The topological polar surface area (TPSA) is 15.3 Å². The van der Waals surface area contributed by atoms with E-state index in [1.165, 1.54) is 38.9 Å². The van der Waals surface area contributed by atoms with Gasteiger partial charge in [0, 0.05) is 12.6 Å². The molecule has 0 radical (unpaired) electrons. The second-order valence-corrected chi connectivity index (χ2v) is 6.32. The van der Waals surface area contributed by atoms with Gasteiger partial charge in [0.05, 0.1) is 0 Å². The van der Waals surface area contributed by atoms with E-state index < -0.39 is 0 Å². The van der Waals surface area contributed by atoms with Crippen molar-refractivity contribution in [2.45, 2.75) is 59.9 Å². The molecule has 2 heteroatoms. The van der Waals surface area contributed by atoms with Gasteiger partial charge in [-0.3, -0.25) is 0 Å². The highest BCUT2D eigenvalue weighted by Crippen LogP contribution is 2.39. The first-order chi connectivity index (χ1) is 8.02. The third kappa shape index (κ3) is 4.59. The molecule has 2 unspecified atom stereocenters. The van der Waals surface area contributed by atoms with Gasteiger partial charge in [0.2, 0.25) is 0 Å². The van der Waals surface area contributed by atoms with Crippen LogP contribution in [0, 0.1) is 11.3 Å². The molecular weight excluding hydrogens is 208 g/mol. The molecule has 0 aromatic rings. The van der Waals surface area contributed by atoms with Crippen LogP contribution in [0.15, 0.2) is 0 Å². The van der Waals surface area contributed by atoms with Gasteiger partial charge in [-0.05, 0) is 50.2 Å². The number of hydrogen-bond donors (Lipinski definition) is 1. The highest BCUT2D eigenvalue weighted by Gasteiger charge is 2.34. The Balaban J connectivity index is 2.60. The Morgan fingerprint density at radius 1 is 1.18 bits per heavy atom. The van der Waals surface area contributed by atoms with Gasteiger partial charge in [-0.2, -0.15) is 0 Å². The fourth-order valence-corrected chi connectivity index (χ4v) is 3.27.